The number of hydrogen-bond donors (Lipinski definition) is 0. The zero-order chi connectivity index (χ0) is 22.0. The summed E-state index contributed by atoms with van der Waals surface area (Å²) in [5, 5.41) is 0. The summed E-state index contributed by atoms with van der Waals surface area (Å²) >= 11 is 11.0. The molecule has 30 heavy (non-hydrogen) atoms. The van der Waals surface area contributed by atoms with E-state index in [2.05, 4.69) is 83.6 Å². The van der Waals surface area contributed by atoms with Gasteiger partial charge in [0.1, 0.15) is 7.85 Å². The van der Waals surface area contributed by atoms with Crippen molar-refractivity contribution >= 4 is 61.1 Å². The first-order chi connectivity index (χ1) is 14.3. The van der Waals surface area contributed by atoms with E-state index in [9.17, 15) is 0 Å². The lowest BCUT2D eigenvalue weighted by molar-refractivity contribution is 1.50. The summed E-state index contributed by atoms with van der Waals surface area (Å²) in [7, 11) is 2.05. The van der Waals surface area contributed by atoms with E-state index < -0.39 is 0 Å². The van der Waals surface area contributed by atoms with E-state index in [4.69, 9.17) is 25.7 Å². The van der Waals surface area contributed by atoms with Crippen LogP contribution in [0, 0.1) is 49.4 Å². The lowest BCUT2D eigenvalue weighted by Gasteiger charge is -2.16. The fourth-order valence-electron chi connectivity index (χ4n) is 3.22. The molecule has 3 aromatic carbocycles. The normalized spacial score (nSPS) is 9.83. The molecule has 0 unspecified atom stereocenters. The van der Waals surface area contributed by atoms with Gasteiger partial charge >= 0.3 is 0 Å². The van der Waals surface area contributed by atoms with Gasteiger partial charge in [-0.05, 0) is 52.6 Å². The lowest BCUT2D eigenvalue weighted by Crippen LogP contribution is -2.08. The molecule has 0 bridgehead atoms. The fraction of sp³-hybridized carbons (Fsp3) is 0. The van der Waals surface area contributed by atoms with Gasteiger partial charge in [0.2, 0.25) is 0 Å². The van der Waals surface area contributed by atoms with Crippen molar-refractivity contribution in [2.45, 2.75) is 0 Å². The zero-order valence-electron chi connectivity index (χ0n) is 15.9. The molecule has 0 amide bonds. The summed E-state index contributed by atoms with van der Waals surface area (Å²) in [5.41, 5.74) is 7.74. The van der Waals surface area contributed by atoms with Crippen molar-refractivity contribution < 1.29 is 0 Å². The third kappa shape index (κ3) is 4.01. The van der Waals surface area contributed by atoms with Gasteiger partial charge in [-0.25, -0.2) is 0 Å². The molecule has 140 valence electrons. The molecule has 0 atom stereocenters. The van der Waals surface area contributed by atoms with Crippen LogP contribution >= 0.6 is 47.8 Å². The molecule has 0 spiro atoms. The third-order valence-corrected chi connectivity index (χ3v) is 6.70. The lowest BCUT2D eigenvalue weighted by atomic mass is 9.83. The van der Waals surface area contributed by atoms with Crippen LogP contribution < -0.4 is 5.46 Å². The maximum atomic E-state index is 5.65. The minimum absolute atomic E-state index is 0.676. The predicted molar refractivity (Wildman–Crippen MR) is 140 cm³/mol. The third-order valence-electron chi connectivity index (χ3n) is 4.73. The van der Waals surface area contributed by atoms with Crippen LogP contribution in [0.2, 0.25) is 0 Å². The smallest absolute Gasteiger partial charge is 0.115 e. The van der Waals surface area contributed by atoms with Crippen LogP contribution in [-0.4, -0.2) is 7.85 Å². The Kier molecular flexibility index (Phi) is 6.66. The second kappa shape index (κ2) is 9.05. The molecule has 0 aliphatic rings. The van der Waals surface area contributed by atoms with Crippen molar-refractivity contribution in [1.29, 1.82) is 0 Å². The molecular weight excluding hydrogens is 563 g/mol. The van der Waals surface area contributed by atoms with Gasteiger partial charge in [0.15, 0.2) is 0 Å². The Morgan fingerprint density at radius 2 is 0.833 bits per heavy atom. The van der Waals surface area contributed by atoms with Gasteiger partial charge < -0.3 is 0 Å². The molecule has 0 nitrogen and oxygen atoms in total. The van der Waals surface area contributed by atoms with E-state index in [0.29, 0.717) is 22.3 Å². The van der Waals surface area contributed by atoms with Gasteiger partial charge in [-0.1, -0.05) is 83.0 Å². The molecule has 0 fully saturated rings. The van der Waals surface area contributed by atoms with E-state index in [1.54, 1.807) is 0 Å². The van der Waals surface area contributed by atoms with Gasteiger partial charge in [0.05, 0.1) is 0 Å². The average molecular weight is 575 g/mol. The Balaban J connectivity index is 2.23. The summed E-state index contributed by atoms with van der Waals surface area (Å²) in [4.78, 5) is 0. The quantitative estimate of drug-likeness (QED) is 0.281. The minimum atomic E-state index is 0.676. The van der Waals surface area contributed by atoms with Crippen LogP contribution in [0.25, 0.3) is 22.3 Å². The zero-order valence-corrected chi connectivity index (χ0v) is 20.7. The predicted octanol–water partition coefficient (Wildman–Crippen LogP) is 5.49. The highest BCUT2D eigenvalue weighted by Gasteiger charge is 2.16. The van der Waals surface area contributed by atoms with Crippen LogP contribution in [0.4, 0.5) is 0 Å². The van der Waals surface area contributed by atoms with E-state index in [-0.39, 0.29) is 0 Å². The Hall–Kier alpha value is -2.60. The van der Waals surface area contributed by atoms with Crippen molar-refractivity contribution in [2.24, 2.45) is 0 Å². The van der Waals surface area contributed by atoms with Gasteiger partial charge in [-0.15, -0.1) is 25.7 Å². The van der Waals surface area contributed by atoms with Crippen molar-refractivity contribution in [3.63, 3.8) is 0 Å². The Bertz CT molecular complexity index is 1260. The highest BCUT2D eigenvalue weighted by molar-refractivity contribution is 9.11. The first-order valence-electron chi connectivity index (χ1n) is 8.69. The highest BCUT2D eigenvalue weighted by Crippen LogP contribution is 2.38. The monoisotopic (exact) mass is 572 g/mol. The maximum Gasteiger partial charge on any atom is 0.140 e. The number of halogens is 3. The molecule has 0 aliphatic carbocycles. The van der Waals surface area contributed by atoms with Crippen LogP contribution in [0.3, 0.4) is 0 Å². The molecule has 0 saturated heterocycles. The SMILES string of the molecule is Bc1cc(-c2cc(C#C)c(C#C)cc2Br)c(Br)cc1-c1cc(C#C)c(C#C)cc1Br. The van der Waals surface area contributed by atoms with Crippen molar-refractivity contribution in [3.8, 4) is 71.6 Å². The van der Waals surface area contributed by atoms with E-state index >= 15 is 0 Å². The Morgan fingerprint density at radius 3 is 1.27 bits per heavy atom. The second-order valence-electron chi connectivity index (χ2n) is 6.48. The van der Waals surface area contributed by atoms with Crippen LogP contribution in [0.1, 0.15) is 22.3 Å². The second-order valence-corrected chi connectivity index (χ2v) is 9.04. The van der Waals surface area contributed by atoms with Crippen LogP contribution in [0.15, 0.2) is 49.8 Å². The van der Waals surface area contributed by atoms with Crippen molar-refractivity contribution in [1.82, 2.24) is 0 Å². The van der Waals surface area contributed by atoms with Crippen molar-refractivity contribution in [3.05, 3.63) is 72.1 Å². The fourth-order valence-corrected chi connectivity index (χ4v) is 4.89. The van der Waals surface area contributed by atoms with E-state index in [0.717, 1.165) is 41.1 Å². The van der Waals surface area contributed by atoms with E-state index in [1.165, 1.54) is 0 Å². The maximum absolute atomic E-state index is 5.65. The molecule has 0 aromatic heterocycles. The summed E-state index contributed by atoms with van der Waals surface area (Å²) < 4.78 is 2.67. The molecule has 0 aliphatic heterocycles. The first kappa shape index (κ1) is 22.1. The summed E-state index contributed by atoms with van der Waals surface area (Å²) in [6.45, 7) is 0. The van der Waals surface area contributed by atoms with Crippen LogP contribution in [-0.2, 0) is 0 Å². The average Bonchev–Trinajstić information content (AvgIpc) is 2.74. The highest BCUT2D eigenvalue weighted by atomic mass is 79.9. The van der Waals surface area contributed by atoms with Gasteiger partial charge in [0.25, 0.3) is 0 Å². The number of hydrogen-bond acceptors (Lipinski definition) is 0. The first-order valence-corrected chi connectivity index (χ1v) is 11.1. The number of benzene rings is 3. The largest absolute Gasteiger partial charge is 0.140 e. The molecule has 4 heteroatoms. The van der Waals surface area contributed by atoms with Gasteiger partial charge in [-0.2, -0.15) is 0 Å². The summed E-state index contributed by atoms with van der Waals surface area (Å²) in [5.74, 6) is 10.6. The van der Waals surface area contributed by atoms with Gasteiger partial charge in [0, 0.05) is 35.7 Å². The van der Waals surface area contributed by atoms with Gasteiger partial charge in [-0.3, -0.25) is 0 Å². The molecule has 0 radical (unpaired) electrons. The number of rotatable bonds is 2. The topological polar surface area (TPSA) is 0 Å². The molecule has 0 saturated carbocycles. The summed E-state index contributed by atoms with van der Waals surface area (Å²) in [6, 6.07) is 11.8. The summed E-state index contributed by atoms with van der Waals surface area (Å²) in [6.07, 6.45) is 22.5. The minimum Gasteiger partial charge on any atom is -0.115 e. The van der Waals surface area contributed by atoms with Crippen molar-refractivity contribution in [2.75, 3.05) is 0 Å². The van der Waals surface area contributed by atoms with E-state index in [1.807, 2.05) is 32.1 Å². The number of terminal acetylenes is 4. The molecular formula is C26H12BBr3. The Morgan fingerprint density at radius 1 is 0.500 bits per heavy atom. The van der Waals surface area contributed by atoms with Crippen LogP contribution in [0.5, 0.6) is 0 Å². The molecule has 0 heterocycles. The molecule has 3 aromatic rings. The standard InChI is InChI=1S/C26H12BBr3/c1-5-15-9-20(24(28)11-17(15)7-3)19-14-26(30)22(13-23(19)27)21-10-16(6-2)18(8-4)12-25(21)29/h1-4,9-14H,27H2. The molecule has 0 N–H and O–H groups in total. The Labute approximate surface area is 203 Å². The molecule has 3 rings (SSSR count).